The molecule has 5 aromatic rings. The van der Waals surface area contributed by atoms with E-state index >= 15 is 0 Å². The van der Waals surface area contributed by atoms with Crippen molar-refractivity contribution in [3.63, 3.8) is 0 Å². The van der Waals surface area contributed by atoms with Crippen LogP contribution in [-0.2, 0) is 21.3 Å². The van der Waals surface area contributed by atoms with E-state index in [2.05, 4.69) is 62.3 Å². The molecule has 1 aromatic heterocycles. The lowest BCUT2D eigenvalue weighted by Gasteiger charge is -2.34. The van der Waals surface area contributed by atoms with Gasteiger partial charge in [0.2, 0.25) is 0 Å². The molecular weight excluding hydrogens is 835 g/mol. The average Bonchev–Trinajstić information content (AvgIpc) is 3.84. The van der Waals surface area contributed by atoms with Crippen molar-refractivity contribution in [3.8, 4) is 21.9 Å². The first-order valence-corrected chi connectivity index (χ1v) is 24.4. The second-order valence-electron chi connectivity index (χ2n) is 17.0. The van der Waals surface area contributed by atoms with Crippen LogP contribution >= 0.6 is 11.3 Å². The Bertz CT molecular complexity index is 2570. The van der Waals surface area contributed by atoms with Crippen molar-refractivity contribution < 1.29 is 32.8 Å². The van der Waals surface area contributed by atoms with Crippen LogP contribution in [0.5, 0.6) is 11.5 Å². The molecule has 9 rings (SSSR count). The highest BCUT2D eigenvalue weighted by Crippen LogP contribution is 2.40. The molecule has 63 heavy (non-hydrogen) atoms. The third-order valence-electron chi connectivity index (χ3n) is 13.0. The van der Waals surface area contributed by atoms with Gasteiger partial charge in [0, 0.05) is 79.1 Å². The van der Waals surface area contributed by atoms with Crippen molar-refractivity contribution >= 4 is 50.4 Å². The van der Waals surface area contributed by atoms with Gasteiger partial charge >= 0.3 is 5.69 Å². The molecule has 4 aliphatic rings. The first-order chi connectivity index (χ1) is 30.7. The van der Waals surface area contributed by atoms with Crippen LogP contribution in [0, 0.1) is 10.8 Å². The number of amides is 1. The van der Waals surface area contributed by atoms with Crippen molar-refractivity contribution in [2.45, 2.75) is 81.3 Å². The molecule has 12 nitrogen and oxygen atoms in total. The van der Waals surface area contributed by atoms with Crippen LogP contribution in [0.4, 0.5) is 17.1 Å². The van der Waals surface area contributed by atoms with E-state index in [1.165, 1.54) is 70.7 Å². The van der Waals surface area contributed by atoms with Gasteiger partial charge in [-0.15, -0.1) is 11.3 Å². The number of benzene rings is 4. The van der Waals surface area contributed by atoms with Crippen LogP contribution in [0.2, 0.25) is 0 Å². The SMILES string of the molecule is O=C(NS(=O)(=O)c1ccc(NCC2CCOCC2)c([N+](=O)O)c1)c1ccc(N2CCC(=Cc3ccccc3-c3ccc(CN4[C@@H]5CCC[C@H]4CC5)s3)CC2)cc1Oc1ccccc1. The van der Waals surface area contributed by atoms with Crippen LogP contribution in [0.1, 0.15) is 78.6 Å². The number of nitrogens with one attached hydrogen (secondary N) is 2. The lowest BCUT2D eigenvalue weighted by molar-refractivity contribution is -0.729. The van der Waals surface area contributed by atoms with E-state index in [4.69, 9.17) is 9.47 Å². The molecule has 4 fully saturated rings. The molecule has 4 aromatic carbocycles. The molecule has 2 bridgehead atoms. The Morgan fingerprint density at radius 3 is 2.38 bits per heavy atom. The van der Waals surface area contributed by atoms with Gasteiger partial charge < -0.3 is 19.7 Å². The molecule has 4 saturated heterocycles. The van der Waals surface area contributed by atoms with Crippen molar-refractivity contribution in [2.75, 3.05) is 43.1 Å². The number of hydrogen-bond acceptors (Lipinski definition) is 10. The average molecular weight is 889 g/mol. The van der Waals surface area contributed by atoms with Crippen LogP contribution in [0.25, 0.3) is 16.5 Å². The van der Waals surface area contributed by atoms with Gasteiger partial charge in [0.25, 0.3) is 20.9 Å². The number of carbonyl (C=O) groups excluding carboxylic acids is 1. The summed E-state index contributed by atoms with van der Waals surface area (Å²) in [6, 6.07) is 32.7. The van der Waals surface area contributed by atoms with Crippen LogP contribution in [-0.4, -0.2) is 74.3 Å². The Hall–Kier alpha value is -5.54. The smallest absolute Gasteiger partial charge is 0.340 e. The molecule has 0 aliphatic carbocycles. The predicted molar refractivity (Wildman–Crippen MR) is 247 cm³/mol. The molecule has 328 valence electrons. The largest absolute Gasteiger partial charge is 0.456 e. The summed E-state index contributed by atoms with van der Waals surface area (Å²) in [4.78, 5) is 33.0. The number of nitrogens with zero attached hydrogens (tertiary/aromatic N) is 3. The first-order valence-electron chi connectivity index (χ1n) is 22.1. The number of thiophene rings is 1. The Morgan fingerprint density at radius 2 is 1.62 bits per heavy atom. The molecule has 3 N–H and O–H groups in total. The van der Waals surface area contributed by atoms with E-state index in [9.17, 15) is 23.3 Å². The van der Waals surface area contributed by atoms with Gasteiger partial charge in [0.05, 0.1) is 15.4 Å². The minimum Gasteiger partial charge on any atom is -0.456 e. The standard InChI is InChI=1S/C49H53N5O7S2/c55-49(51-63(58,59)42-17-19-45(46(31-42)54(56)57)50-32-35-23-27-60-28-24-35)44-18-15-39(30-47(44)61-40-10-2-1-3-11-40)52-25-21-34(22-26-52)29-36-7-4-5-12-43(36)48-20-16-41(62-48)33-53-37-8-6-9-38(53)14-13-37/h1-5,7,10-12,15-20,29-31,35,37-38,50H,6,8-9,13-14,21-28,32-33H2,(H-,51,55,56,57)/p+1/t37-,38+. The predicted octanol–water partition coefficient (Wildman–Crippen LogP) is 10.2. The minimum absolute atomic E-state index is 0.0166. The highest BCUT2D eigenvalue weighted by atomic mass is 32.2. The van der Waals surface area contributed by atoms with E-state index in [0.717, 1.165) is 69.2 Å². The van der Waals surface area contributed by atoms with Gasteiger partial charge in [-0.2, -0.15) is 0 Å². The van der Waals surface area contributed by atoms with Crippen molar-refractivity contribution in [2.24, 2.45) is 5.92 Å². The maximum Gasteiger partial charge on any atom is 0.340 e. The topological polar surface area (TPSA) is 141 Å². The van der Waals surface area contributed by atoms with E-state index in [-0.39, 0.29) is 32.5 Å². The van der Waals surface area contributed by atoms with E-state index < -0.39 is 15.9 Å². The quantitative estimate of drug-likeness (QED) is 0.0923. The second-order valence-corrected chi connectivity index (χ2v) is 19.9. The summed E-state index contributed by atoms with van der Waals surface area (Å²) in [5.74, 6) is 0.0774. The van der Waals surface area contributed by atoms with Gasteiger partial charge in [-0.3, -0.25) is 9.69 Å². The molecule has 0 radical (unpaired) electrons. The second kappa shape index (κ2) is 19.1. The third-order valence-corrected chi connectivity index (χ3v) is 15.5. The Morgan fingerprint density at radius 1 is 0.873 bits per heavy atom. The van der Waals surface area contributed by atoms with Gasteiger partial charge in [0.1, 0.15) is 17.2 Å². The fourth-order valence-corrected chi connectivity index (χ4v) is 11.6. The number of carbonyl (C=O) groups is 1. The Labute approximate surface area is 373 Å². The normalized spacial score (nSPS) is 19.4. The van der Waals surface area contributed by atoms with Crippen LogP contribution < -0.4 is 19.7 Å². The van der Waals surface area contributed by atoms with Crippen LogP contribution in [0.15, 0.2) is 114 Å². The first kappa shape index (κ1) is 42.7. The molecule has 0 unspecified atom stereocenters. The van der Waals surface area contributed by atoms with E-state index in [1.807, 2.05) is 35.6 Å². The Kier molecular flexibility index (Phi) is 12.9. The summed E-state index contributed by atoms with van der Waals surface area (Å²) in [5.41, 5.74) is 4.71. The fraction of sp³-hybridized carbons (Fsp3) is 0.367. The zero-order valence-corrected chi connectivity index (χ0v) is 36.9. The highest BCUT2D eigenvalue weighted by molar-refractivity contribution is 7.90. The van der Waals surface area contributed by atoms with Gasteiger partial charge in [0.15, 0.2) is 0 Å². The molecule has 0 saturated carbocycles. The summed E-state index contributed by atoms with van der Waals surface area (Å²) < 4.78 is 41.1. The van der Waals surface area contributed by atoms with Gasteiger partial charge in [-0.1, -0.05) is 60.5 Å². The maximum absolute atomic E-state index is 13.8. The monoisotopic (exact) mass is 888 g/mol. The summed E-state index contributed by atoms with van der Waals surface area (Å²) in [6.45, 7) is 4.38. The number of ether oxygens (including phenoxy) is 2. The number of sulfonamides is 1. The fourth-order valence-electron chi connectivity index (χ4n) is 9.56. The summed E-state index contributed by atoms with van der Waals surface area (Å²) in [7, 11) is -4.49. The van der Waals surface area contributed by atoms with Crippen molar-refractivity contribution in [3.05, 3.63) is 130 Å². The van der Waals surface area contributed by atoms with Gasteiger partial charge in [-0.05, 0) is 117 Å². The van der Waals surface area contributed by atoms with Crippen molar-refractivity contribution in [1.29, 1.82) is 0 Å². The third kappa shape index (κ3) is 9.99. The summed E-state index contributed by atoms with van der Waals surface area (Å²) >= 11 is 1.92. The molecule has 2 atom stereocenters. The number of fused-ring (bicyclic) bond motifs is 2. The molecule has 4 aliphatic heterocycles. The van der Waals surface area contributed by atoms with Gasteiger partial charge in [-0.25, -0.2) is 18.3 Å². The number of para-hydroxylation sites is 1. The van der Waals surface area contributed by atoms with Crippen LogP contribution in [0.3, 0.4) is 0 Å². The maximum atomic E-state index is 13.8. The number of piperidine rings is 2. The zero-order chi connectivity index (χ0) is 43.3. The van der Waals surface area contributed by atoms with E-state index in [1.54, 1.807) is 24.3 Å². The lowest BCUT2D eigenvalue weighted by atomic mass is 9.97. The number of anilines is 2. The summed E-state index contributed by atoms with van der Waals surface area (Å²) in [5, 5.41) is 13.0. The zero-order valence-electron chi connectivity index (χ0n) is 35.3. The number of hydrogen-bond donors (Lipinski definition) is 3. The van der Waals surface area contributed by atoms with E-state index in [0.29, 0.717) is 31.4 Å². The van der Waals surface area contributed by atoms with Crippen molar-refractivity contribution in [1.82, 2.24) is 9.62 Å². The molecule has 5 heterocycles. The lowest BCUT2D eigenvalue weighted by Crippen LogP contribution is -2.38. The summed E-state index contributed by atoms with van der Waals surface area (Å²) in [6.07, 6.45) is 12.5. The molecule has 0 spiro atoms. The molecule has 14 heteroatoms. The highest BCUT2D eigenvalue weighted by Gasteiger charge is 2.36. The number of rotatable bonds is 14. The molecule has 1 amide bonds. The Balaban J connectivity index is 0.887. The molecular formula is C49H54N5O7S2+. The minimum atomic E-state index is -4.49.